The van der Waals surface area contributed by atoms with Crippen molar-refractivity contribution < 1.29 is 9.53 Å². The Kier molecular flexibility index (Phi) is 4.23. The SMILES string of the molecule is Cl.NC1(C(=O)N2CC3CC4CC(C3)CC2C4)CCOCC1. The molecule has 5 heteroatoms. The Morgan fingerprint density at radius 3 is 2.19 bits per heavy atom. The molecule has 3 heterocycles. The van der Waals surface area contributed by atoms with Crippen LogP contribution in [-0.2, 0) is 9.53 Å². The molecule has 0 radical (unpaired) electrons. The predicted molar refractivity (Wildman–Crippen MR) is 83.3 cm³/mol. The number of ether oxygens (including phenoxy) is 1. The molecule has 3 aliphatic heterocycles. The van der Waals surface area contributed by atoms with Crippen molar-refractivity contribution in [3.63, 3.8) is 0 Å². The molecule has 4 bridgehead atoms. The van der Waals surface area contributed by atoms with Gasteiger partial charge in [-0.05, 0) is 62.7 Å². The first-order valence-electron chi connectivity index (χ1n) is 8.32. The summed E-state index contributed by atoms with van der Waals surface area (Å²) >= 11 is 0. The van der Waals surface area contributed by atoms with Crippen molar-refractivity contribution in [1.29, 1.82) is 0 Å². The highest BCUT2D eigenvalue weighted by atomic mass is 35.5. The summed E-state index contributed by atoms with van der Waals surface area (Å²) in [6.07, 6.45) is 7.93. The molecule has 2 N–H and O–H groups in total. The molecule has 4 nitrogen and oxygen atoms in total. The van der Waals surface area contributed by atoms with Crippen molar-refractivity contribution in [1.82, 2.24) is 4.90 Å². The lowest BCUT2D eigenvalue weighted by Crippen LogP contribution is -2.60. The maximum atomic E-state index is 13.0. The third-order valence-electron chi connectivity index (χ3n) is 6.18. The van der Waals surface area contributed by atoms with E-state index in [2.05, 4.69) is 4.90 Å². The first kappa shape index (κ1) is 15.6. The molecule has 2 saturated carbocycles. The Hall–Kier alpha value is -0.320. The maximum Gasteiger partial charge on any atom is 0.243 e. The third-order valence-corrected chi connectivity index (χ3v) is 6.18. The Balaban J connectivity index is 0.00000132. The van der Waals surface area contributed by atoms with E-state index in [0.29, 0.717) is 32.1 Å². The zero-order valence-electron chi connectivity index (χ0n) is 12.6. The van der Waals surface area contributed by atoms with Gasteiger partial charge < -0.3 is 15.4 Å². The van der Waals surface area contributed by atoms with E-state index in [4.69, 9.17) is 10.5 Å². The number of halogens is 1. The number of nitrogens with zero attached hydrogens (tertiary/aromatic N) is 1. The molecule has 2 atom stereocenters. The average Bonchev–Trinajstić information content (AvgIpc) is 2.63. The van der Waals surface area contributed by atoms with Crippen LogP contribution in [0.5, 0.6) is 0 Å². The number of amides is 1. The minimum Gasteiger partial charge on any atom is -0.381 e. The molecular formula is C16H27ClN2O2. The van der Waals surface area contributed by atoms with E-state index in [1.807, 2.05) is 0 Å². The van der Waals surface area contributed by atoms with Crippen LogP contribution < -0.4 is 5.73 Å². The molecule has 5 rings (SSSR count). The number of carbonyl (C=O) groups excluding carboxylic acids is 1. The fraction of sp³-hybridized carbons (Fsp3) is 0.938. The van der Waals surface area contributed by atoms with Crippen molar-refractivity contribution in [2.45, 2.75) is 56.5 Å². The van der Waals surface area contributed by atoms with Crippen molar-refractivity contribution in [3.05, 3.63) is 0 Å². The van der Waals surface area contributed by atoms with Crippen LogP contribution in [0.2, 0.25) is 0 Å². The number of carbonyl (C=O) groups is 1. The topological polar surface area (TPSA) is 55.6 Å². The van der Waals surface area contributed by atoms with Gasteiger partial charge in [0.05, 0.1) is 5.54 Å². The molecule has 0 aromatic carbocycles. The second kappa shape index (κ2) is 5.71. The zero-order chi connectivity index (χ0) is 13.7. The predicted octanol–water partition coefficient (Wildman–Crippen LogP) is 1.95. The van der Waals surface area contributed by atoms with Gasteiger partial charge in [-0.2, -0.15) is 0 Å². The summed E-state index contributed by atoms with van der Waals surface area (Å²) in [6, 6.07) is 0.474. The van der Waals surface area contributed by atoms with Gasteiger partial charge in [-0.1, -0.05) is 0 Å². The maximum absolute atomic E-state index is 13.0. The summed E-state index contributed by atoms with van der Waals surface area (Å²) in [7, 11) is 0. The molecule has 2 unspecified atom stereocenters. The second-order valence-corrected chi connectivity index (χ2v) is 7.66. The molecular weight excluding hydrogens is 288 g/mol. The number of hydrogen-bond acceptors (Lipinski definition) is 3. The summed E-state index contributed by atoms with van der Waals surface area (Å²) in [6.45, 7) is 2.24. The first-order chi connectivity index (χ1) is 9.64. The zero-order valence-corrected chi connectivity index (χ0v) is 13.4. The van der Waals surface area contributed by atoms with Gasteiger partial charge in [0.2, 0.25) is 5.91 Å². The number of nitrogens with two attached hydrogens (primary N) is 1. The molecule has 5 fully saturated rings. The lowest BCUT2D eigenvalue weighted by Gasteiger charge is -2.42. The lowest BCUT2D eigenvalue weighted by molar-refractivity contribution is -0.143. The molecule has 0 spiro atoms. The lowest BCUT2D eigenvalue weighted by atomic mass is 9.68. The van der Waals surface area contributed by atoms with Crippen LogP contribution >= 0.6 is 12.4 Å². The van der Waals surface area contributed by atoms with Gasteiger partial charge >= 0.3 is 0 Å². The largest absolute Gasteiger partial charge is 0.381 e. The van der Waals surface area contributed by atoms with Gasteiger partial charge in [0.1, 0.15) is 0 Å². The Morgan fingerprint density at radius 2 is 1.57 bits per heavy atom. The second-order valence-electron chi connectivity index (χ2n) is 7.66. The van der Waals surface area contributed by atoms with Crippen molar-refractivity contribution in [2.75, 3.05) is 19.8 Å². The average molecular weight is 315 g/mol. The molecule has 0 aromatic rings. The van der Waals surface area contributed by atoms with E-state index in [1.54, 1.807) is 0 Å². The van der Waals surface area contributed by atoms with Crippen LogP contribution in [0, 0.1) is 17.8 Å². The van der Waals surface area contributed by atoms with Crippen LogP contribution in [0.25, 0.3) is 0 Å². The van der Waals surface area contributed by atoms with Gasteiger partial charge in [0.15, 0.2) is 0 Å². The molecule has 120 valence electrons. The highest BCUT2D eigenvalue weighted by molar-refractivity contribution is 5.86. The van der Waals surface area contributed by atoms with Gasteiger partial charge in [0.25, 0.3) is 0 Å². The summed E-state index contributed by atoms with van der Waals surface area (Å²) in [5.41, 5.74) is 5.79. The minimum atomic E-state index is -0.653. The van der Waals surface area contributed by atoms with Crippen molar-refractivity contribution in [2.24, 2.45) is 23.5 Å². The van der Waals surface area contributed by atoms with E-state index in [9.17, 15) is 4.79 Å². The van der Waals surface area contributed by atoms with Crippen molar-refractivity contribution in [3.8, 4) is 0 Å². The van der Waals surface area contributed by atoms with Crippen LogP contribution in [0.3, 0.4) is 0 Å². The van der Waals surface area contributed by atoms with E-state index >= 15 is 0 Å². The highest BCUT2D eigenvalue weighted by Crippen LogP contribution is 2.48. The number of fused-ring (bicyclic) bond motifs is 1. The van der Waals surface area contributed by atoms with Gasteiger partial charge in [-0.3, -0.25) is 4.79 Å². The normalized spacial score (nSPS) is 40.5. The minimum absolute atomic E-state index is 0. The molecule has 0 aromatic heterocycles. The van der Waals surface area contributed by atoms with Crippen LogP contribution in [0.4, 0.5) is 0 Å². The van der Waals surface area contributed by atoms with Gasteiger partial charge in [0, 0.05) is 25.8 Å². The quantitative estimate of drug-likeness (QED) is 0.805. The molecule has 2 aliphatic carbocycles. The van der Waals surface area contributed by atoms with Gasteiger partial charge in [-0.15, -0.1) is 12.4 Å². The van der Waals surface area contributed by atoms with Crippen LogP contribution in [0.15, 0.2) is 0 Å². The highest BCUT2D eigenvalue weighted by Gasteiger charge is 2.48. The van der Waals surface area contributed by atoms with E-state index in [-0.39, 0.29) is 18.3 Å². The third kappa shape index (κ3) is 2.71. The number of hydrogen-bond donors (Lipinski definition) is 1. The fourth-order valence-corrected chi connectivity index (χ4v) is 5.27. The Morgan fingerprint density at radius 1 is 1.00 bits per heavy atom. The number of rotatable bonds is 1. The smallest absolute Gasteiger partial charge is 0.243 e. The summed E-state index contributed by atoms with van der Waals surface area (Å²) in [5.74, 6) is 2.70. The molecule has 3 saturated heterocycles. The standard InChI is InChI=1S/C16H26N2O2.ClH/c17-16(1-3-20-4-2-16)15(19)18-10-13-6-11-5-12(7-13)9-14(18)8-11;/h11-14H,1-10,17H2;1H. The Labute approximate surface area is 133 Å². The summed E-state index contributed by atoms with van der Waals surface area (Å²) in [5, 5.41) is 0. The fourth-order valence-electron chi connectivity index (χ4n) is 5.27. The molecule has 1 amide bonds. The van der Waals surface area contributed by atoms with E-state index in [1.165, 1.54) is 32.1 Å². The van der Waals surface area contributed by atoms with Gasteiger partial charge in [-0.25, -0.2) is 0 Å². The van der Waals surface area contributed by atoms with Crippen LogP contribution in [0.1, 0.15) is 44.9 Å². The monoisotopic (exact) mass is 314 g/mol. The summed E-state index contributed by atoms with van der Waals surface area (Å²) < 4.78 is 5.39. The Bertz CT molecular complexity index is 397. The summed E-state index contributed by atoms with van der Waals surface area (Å²) in [4.78, 5) is 15.2. The van der Waals surface area contributed by atoms with E-state index < -0.39 is 5.54 Å². The van der Waals surface area contributed by atoms with Crippen LogP contribution in [-0.4, -0.2) is 42.1 Å². The van der Waals surface area contributed by atoms with E-state index in [0.717, 1.165) is 24.3 Å². The molecule has 5 aliphatic rings. The molecule has 21 heavy (non-hydrogen) atoms. The first-order valence-corrected chi connectivity index (χ1v) is 8.32. The van der Waals surface area contributed by atoms with Crippen molar-refractivity contribution >= 4 is 18.3 Å².